The third kappa shape index (κ3) is 3.46. The molecule has 0 bridgehead atoms. The molecule has 0 radical (unpaired) electrons. The van der Waals surface area contributed by atoms with Gasteiger partial charge in [-0.15, -0.1) is 4.40 Å². The molecule has 0 aromatic heterocycles. The summed E-state index contributed by atoms with van der Waals surface area (Å²) in [6.45, 7) is 0.522. The molecule has 1 atom stereocenters. The average molecular weight is 414 g/mol. The van der Waals surface area contributed by atoms with E-state index in [1.807, 2.05) is 0 Å². The number of amides is 1. The van der Waals surface area contributed by atoms with Gasteiger partial charge in [0.1, 0.15) is 10.9 Å². The Kier molecular flexibility index (Phi) is 4.79. The second-order valence-corrected chi connectivity index (χ2v) is 8.41. The van der Waals surface area contributed by atoms with Crippen LogP contribution < -0.4 is 5.32 Å². The summed E-state index contributed by atoms with van der Waals surface area (Å²) >= 11 is 0. The molecule has 0 saturated carbocycles. The molecule has 2 aliphatic rings. The summed E-state index contributed by atoms with van der Waals surface area (Å²) in [4.78, 5) is 25.3. The topological polar surface area (TPSA) is 122 Å². The number of amidine groups is 1. The van der Waals surface area contributed by atoms with Crippen molar-refractivity contribution in [3.63, 3.8) is 0 Å². The van der Waals surface area contributed by atoms with Gasteiger partial charge >= 0.3 is 0 Å². The molecule has 10 heteroatoms. The molecule has 0 unspecified atom stereocenters. The summed E-state index contributed by atoms with van der Waals surface area (Å²) in [6, 6.07) is 12.2. The number of nitro benzene ring substituents is 1. The summed E-state index contributed by atoms with van der Waals surface area (Å²) in [7, 11) is -3.77. The van der Waals surface area contributed by atoms with Gasteiger partial charge in [0, 0.05) is 30.3 Å². The second kappa shape index (κ2) is 7.28. The van der Waals surface area contributed by atoms with E-state index in [1.54, 1.807) is 41.3 Å². The highest BCUT2D eigenvalue weighted by atomic mass is 32.2. The number of sulfonamides is 1. The number of rotatable bonds is 4. The van der Waals surface area contributed by atoms with Gasteiger partial charge in [0.25, 0.3) is 15.7 Å². The molecule has 2 heterocycles. The molecule has 4 rings (SSSR count). The van der Waals surface area contributed by atoms with Crippen molar-refractivity contribution >= 4 is 27.5 Å². The molecule has 1 saturated heterocycles. The Morgan fingerprint density at radius 3 is 2.72 bits per heavy atom. The van der Waals surface area contributed by atoms with Crippen molar-refractivity contribution in [3.8, 4) is 0 Å². The fourth-order valence-corrected chi connectivity index (χ4v) is 4.94. The lowest BCUT2D eigenvalue weighted by atomic mass is 10.1. The van der Waals surface area contributed by atoms with Gasteiger partial charge in [0.05, 0.1) is 4.92 Å². The summed E-state index contributed by atoms with van der Waals surface area (Å²) < 4.78 is 28.6. The van der Waals surface area contributed by atoms with Crippen LogP contribution in [0.5, 0.6) is 0 Å². The minimum atomic E-state index is -3.77. The van der Waals surface area contributed by atoms with Gasteiger partial charge in [-0.05, 0) is 25.0 Å². The zero-order chi connectivity index (χ0) is 20.6. The van der Waals surface area contributed by atoms with E-state index in [1.165, 1.54) is 12.1 Å². The van der Waals surface area contributed by atoms with Crippen LogP contribution in [0.2, 0.25) is 0 Å². The number of likely N-dealkylation sites (tertiary alicyclic amines) is 1. The number of hydrogen-bond donors (Lipinski definition) is 1. The van der Waals surface area contributed by atoms with E-state index in [9.17, 15) is 23.3 Å². The molecular formula is C19H18N4O5S. The molecule has 1 N–H and O–H groups in total. The van der Waals surface area contributed by atoms with E-state index in [2.05, 4.69) is 9.71 Å². The third-order valence-corrected chi connectivity index (χ3v) is 6.41. The first-order valence-corrected chi connectivity index (χ1v) is 10.5. The molecule has 1 amide bonds. The lowest BCUT2D eigenvalue weighted by molar-refractivity contribution is -0.385. The lowest BCUT2D eigenvalue weighted by Crippen LogP contribution is -2.45. The molecule has 29 heavy (non-hydrogen) atoms. The van der Waals surface area contributed by atoms with Crippen LogP contribution in [0.15, 0.2) is 57.8 Å². The van der Waals surface area contributed by atoms with Crippen LogP contribution in [-0.2, 0) is 21.4 Å². The fraction of sp³-hybridized carbons (Fsp3) is 0.263. The van der Waals surface area contributed by atoms with Gasteiger partial charge in [-0.25, -0.2) is 0 Å². The van der Waals surface area contributed by atoms with Gasteiger partial charge in [-0.2, -0.15) is 8.42 Å². The van der Waals surface area contributed by atoms with Gasteiger partial charge in [0.15, 0.2) is 5.84 Å². The quantitative estimate of drug-likeness (QED) is 0.602. The number of benzene rings is 2. The Balaban J connectivity index is 1.54. The number of nitro groups is 1. The van der Waals surface area contributed by atoms with Crippen molar-refractivity contribution in [2.75, 3.05) is 6.54 Å². The monoisotopic (exact) mass is 414 g/mol. The van der Waals surface area contributed by atoms with Crippen LogP contribution in [0.1, 0.15) is 24.0 Å². The molecule has 2 aromatic carbocycles. The van der Waals surface area contributed by atoms with E-state index >= 15 is 0 Å². The number of nitrogens with zero attached hydrogens (tertiary/aromatic N) is 3. The Bertz CT molecular complexity index is 1130. The number of para-hydroxylation sites is 1. The van der Waals surface area contributed by atoms with Gasteiger partial charge in [-0.3, -0.25) is 14.9 Å². The standard InChI is InChI=1S/C19H18N4O5S/c24-19(20-12-13-6-1-3-8-15(13)23(25)26)16-9-5-11-22(16)18-14-7-2-4-10-17(14)29(27,28)21-18/h1-4,6-8,10,16H,5,9,11-12H2,(H,20,24)/t16-/m0/s1. The number of fused-ring (bicyclic) bond motifs is 1. The Morgan fingerprint density at radius 1 is 1.21 bits per heavy atom. The first-order valence-electron chi connectivity index (χ1n) is 9.09. The van der Waals surface area contributed by atoms with Gasteiger partial charge in [0.2, 0.25) is 5.91 Å². The minimum Gasteiger partial charge on any atom is -0.350 e. The van der Waals surface area contributed by atoms with Crippen molar-refractivity contribution in [1.29, 1.82) is 0 Å². The largest absolute Gasteiger partial charge is 0.350 e. The number of carbonyl (C=O) groups excluding carboxylic acids is 1. The first kappa shape index (κ1) is 19.1. The van der Waals surface area contributed by atoms with E-state index in [4.69, 9.17) is 0 Å². The van der Waals surface area contributed by atoms with Crippen LogP contribution >= 0.6 is 0 Å². The average Bonchev–Trinajstić information content (AvgIpc) is 3.29. The number of hydrogen-bond acceptors (Lipinski definition) is 6. The molecule has 0 spiro atoms. The van der Waals surface area contributed by atoms with E-state index in [-0.39, 0.29) is 28.9 Å². The van der Waals surface area contributed by atoms with Crippen LogP contribution in [0.4, 0.5) is 5.69 Å². The molecular weight excluding hydrogens is 396 g/mol. The summed E-state index contributed by atoms with van der Waals surface area (Å²) in [5, 5.41) is 13.9. The van der Waals surface area contributed by atoms with Crippen LogP contribution in [0.25, 0.3) is 0 Å². The third-order valence-electron chi connectivity index (χ3n) is 5.08. The summed E-state index contributed by atoms with van der Waals surface area (Å²) in [6.07, 6.45) is 1.26. The zero-order valence-electron chi connectivity index (χ0n) is 15.3. The van der Waals surface area contributed by atoms with Crippen LogP contribution in [-0.4, -0.2) is 42.6 Å². The maximum absolute atomic E-state index is 12.8. The molecule has 2 aliphatic heterocycles. The van der Waals surface area contributed by atoms with Crippen molar-refractivity contribution < 1.29 is 18.1 Å². The highest BCUT2D eigenvalue weighted by Crippen LogP contribution is 2.31. The van der Waals surface area contributed by atoms with Crippen molar-refractivity contribution in [3.05, 3.63) is 69.8 Å². The number of nitrogens with one attached hydrogen (secondary N) is 1. The molecule has 150 valence electrons. The maximum atomic E-state index is 12.8. The molecule has 2 aromatic rings. The minimum absolute atomic E-state index is 0.0156. The smallest absolute Gasteiger partial charge is 0.285 e. The SMILES string of the molecule is O=C(NCc1ccccc1[N+](=O)[O-])[C@@H]1CCCN1C1=NS(=O)(=O)c2ccccc21. The van der Waals surface area contributed by atoms with E-state index < -0.39 is 21.0 Å². The molecule has 0 aliphatic carbocycles. The predicted octanol–water partition coefficient (Wildman–Crippen LogP) is 1.82. The van der Waals surface area contributed by atoms with Crippen LogP contribution in [0.3, 0.4) is 0 Å². The van der Waals surface area contributed by atoms with E-state index in [0.29, 0.717) is 30.5 Å². The van der Waals surface area contributed by atoms with Gasteiger partial charge < -0.3 is 10.2 Å². The number of carbonyl (C=O) groups is 1. The van der Waals surface area contributed by atoms with Crippen molar-refractivity contribution in [2.24, 2.45) is 4.40 Å². The van der Waals surface area contributed by atoms with Gasteiger partial charge in [-0.1, -0.05) is 30.3 Å². The highest BCUT2D eigenvalue weighted by Gasteiger charge is 2.39. The summed E-state index contributed by atoms with van der Waals surface area (Å²) in [5.74, 6) is -0.0333. The predicted molar refractivity (Wildman–Crippen MR) is 105 cm³/mol. The van der Waals surface area contributed by atoms with Crippen LogP contribution in [0, 0.1) is 10.1 Å². The summed E-state index contributed by atoms with van der Waals surface area (Å²) in [5.41, 5.74) is 0.837. The Morgan fingerprint density at radius 2 is 1.93 bits per heavy atom. The first-order chi connectivity index (χ1) is 13.9. The van der Waals surface area contributed by atoms with Crippen molar-refractivity contribution in [2.45, 2.75) is 30.3 Å². The van der Waals surface area contributed by atoms with E-state index in [0.717, 1.165) is 0 Å². The normalized spacial score (nSPS) is 19.5. The second-order valence-electron chi connectivity index (χ2n) is 6.84. The Hall–Kier alpha value is -3.27. The molecule has 1 fully saturated rings. The Labute approximate surface area is 167 Å². The lowest BCUT2D eigenvalue weighted by Gasteiger charge is -2.25. The molecule has 9 nitrogen and oxygen atoms in total. The fourth-order valence-electron chi connectivity index (χ4n) is 3.73. The highest BCUT2D eigenvalue weighted by molar-refractivity contribution is 7.90. The van der Waals surface area contributed by atoms with Crippen molar-refractivity contribution in [1.82, 2.24) is 10.2 Å². The zero-order valence-corrected chi connectivity index (χ0v) is 16.1. The maximum Gasteiger partial charge on any atom is 0.285 e.